The van der Waals surface area contributed by atoms with E-state index in [1.165, 1.54) is 28.1 Å². The largest absolute Gasteiger partial charge is 0.378 e. The first-order valence-corrected chi connectivity index (χ1v) is 10.4. The minimum Gasteiger partial charge on any atom is -0.378 e. The van der Waals surface area contributed by atoms with Crippen molar-refractivity contribution in [1.82, 2.24) is 15.1 Å². The van der Waals surface area contributed by atoms with Gasteiger partial charge >= 0.3 is 0 Å². The van der Waals surface area contributed by atoms with E-state index in [1.54, 1.807) is 0 Å². The Bertz CT molecular complexity index is 912. The topological polar surface area (TPSA) is 42.3 Å². The standard InChI is InChI=1S/C24H30N4O/c1-19-24(20(2)28(26-19)18-22-6-4-3-5-7-22)17-25-16-21-8-10-23(11-9-21)27-12-14-29-15-13-27/h3-11,25H,12-18H2,1-2H3. The molecular weight excluding hydrogens is 360 g/mol. The van der Waals surface area contributed by atoms with Gasteiger partial charge in [0.2, 0.25) is 0 Å². The zero-order valence-corrected chi connectivity index (χ0v) is 17.4. The molecule has 0 spiro atoms. The van der Waals surface area contributed by atoms with E-state index in [-0.39, 0.29) is 0 Å². The molecule has 5 heteroatoms. The maximum Gasteiger partial charge on any atom is 0.0662 e. The van der Waals surface area contributed by atoms with Crippen molar-refractivity contribution in [3.63, 3.8) is 0 Å². The molecule has 0 radical (unpaired) electrons. The summed E-state index contributed by atoms with van der Waals surface area (Å²) in [5, 5.41) is 8.34. The predicted octanol–water partition coefficient (Wildman–Crippen LogP) is 3.67. The summed E-state index contributed by atoms with van der Waals surface area (Å²) in [6, 6.07) is 19.4. The SMILES string of the molecule is Cc1nn(Cc2ccccc2)c(C)c1CNCc1ccc(N2CCOCC2)cc1. The van der Waals surface area contributed by atoms with Gasteiger partial charge in [-0.2, -0.15) is 5.10 Å². The monoisotopic (exact) mass is 390 g/mol. The smallest absolute Gasteiger partial charge is 0.0662 e. The molecule has 1 aromatic heterocycles. The fraction of sp³-hybridized carbons (Fsp3) is 0.375. The van der Waals surface area contributed by atoms with Crippen LogP contribution in [0, 0.1) is 13.8 Å². The Morgan fingerprint density at radius 3 is 2.34 bits per heavy atom. The Balaban J connectivity index is 1.33. The molecule has 0 unspecified atom stereocenters. The molecule has 1 aliphatic rings. The molecule has 1 fully saturated rings. The highest BCUT2D eigenvalue weighted by molar-refractivity contribution is 5.47. The second-order valence-corrected chi connectivity index (χ2v) is 7.66. The van der Waals surface area contributed by atoms with Crippen molar-refractivity contribution >= 4 is 5.69 Å². The molecule has 1 aliphatic heterocycles. The van der Waals surface area contributed by atoms with Crippen LogP contribution in [-0.4, -0.2) is 36.1 Å². The third-order valence-corrected chi connectivity index (χ3v) is 5.65. The van der Waals surface area contributed by atoms with Crippen molar-refractivity contribution in [2.45, 2.75) is 33.5 Å². The maximum atomic E-state index is 5.44. The molecule has 5 nitrogen and oxygen atoms in total. The number of nitrogens with zero attached hydrogens (tertiary/aromatic N) is 3. The van der Waals surface area contributed by atoms with Gasteiger partial charge in [0.05, 0.1) is 25.5 Å². The van der Waals surface area contributed by atoms with Gasteiger partial charge in [0.1, 0.15) is 0 Å². The molecule has 4 rings (SSSR count). The summed E-state index contributed by atoms with van der Waals surface area (Å²) < 4.78 is 7.55. The van der Waals surface area contributed by atoms with E-state index in [4.69, 9.17) is 9.84 Å². The Kier molecular flexibility index (Phi) is 6.27. The lowest BCUT2D eigenvalue weighted by molar-refractivity contribution is 0.122. The summed E-state index contributed by atoms with van der Waals surface area (Å²) in [7, 11) is 0. The van der Waals surface area contributed by atoms with Gasteiger partial charge in [-0.05, 0) is 37.1 Å². The summed E-state index contributed by atoms with van der Waals surface area (Å²) in [6.45, 7) is 10.4. The number of anilines is 1. The molecule has 0 aliphatic carbocycles. The lowest BCUT2D eigenvalue weighted by Gasteiger charge is -2.28. The van der Waals surface area contributed by atoms with E-state index in [0.29, 0.717) is 0 Å². The Hall–Kier alpha value is -2.63. The van der Waals surface area contributed by atoms with Gasteiger partial charge < -0.3 is 15.0 Å². The van der Waals surface area contributed by atoms with Crippen molar-refractivity contribution in [1.29, 1.82) is 0 Å². The number of aryl methyl sites for hydroxylation is 1. The maximum absolute atomic E-state index is 5.44. The molecule has 152 valence electrons. The van der Waals surface area contributed by atoms with Crippen LogP contribution in [0.5, 0.6) is 0 Å². The second kappa shape index (κ2) is 9.25. The first kappa shape index (κ1) is 19.7. The first-order valence-electron chi connectivity index (χ1n) is 10.4. The van der Waals surface area contributed by atoms with Crippen molar-refractivity contribution in [3.8, 4) is 0 Å². The van der Waals surface area contributed by atoms with Crippen LogP contribution in [0.2, 0.25) is 0 Å². The first-order chi connectivity index (χ1) is 14.2. The highest BCUT2D eigenvalue weighted by Gasteiger charge is 2.12. The molecule has 2 heterocycles. The van der Waals surface area contributed by atoms with Gasteiger partial charge in [-0.25, -0.2) is 0 Å². The van der Waals surface area contributed by atoms with Gasteiger partial charge in [-0.15, -0.1) is 0 Å². The fourth-order valence-electron chi connectivity index (χ4n) is 3.88. The van der Waals surface area contributed by atoms with Crippen LogP contribution in [0.15, 0.2) is 54.6 Å². The molecule has 1 saturated heterocycles. The third kappa shape index (κ3) is 4.86. The number of morpholine rings is 1. The number of benzene rings is 2. The van der Waals surface area contributed by atoms with Crippen molar-refractivity contribution in [3.05, 3.63) is 82.7 Å². The Labute approximate surface area is 173 Å². The van der Waals surface area contributed by atoms with Crippen molar-refractivity contribution in [2.75, 3.05) is 31.2 Å². The lowest BCUT2D eigenvalue weighted by Crippen LogP contribution is -2.36. The fourth-order valence-corrected chi connectivity index (χ4v) is 3.88. The zero-order chi connectivity index (χ0) is 20.1. The van der Waals surface area contributed by atoms with Gasteiger partial charge in [0, 0.05) is 43.1 Å². The van der Waals surface area contributed by atoms with E-state index in [2.05, 4.69) is 77.3 Å². The minimum atomic E-state index is 0.816. The summed E-state index contributed by atoms with van der Waals surface area (Å²) in [4.78, 5) is 2.38. The van der Waals surface area contributed by atoms with Crippen LogP contribution in [0.4, 0.5) is 5.69 Å². The number of hydrogen-bond donors (Lipinski definition) is 1. The van der Waals surface area contributed by atoms with E-state index < -0.39 is 0 Å². The number of ether oxygens (including phenoxy) is 1. The van der Waals surface area contributed by atoms with E-state index in [9.17, 15) is 0 Å². The molecule has 1 N–H and O–H groups in total. The molecule has 0 atom stereocenters. The molecule has 0 bridgehead atoms. The van der Waals surface area contributed by atoms with Crippen molar-refractivity contribution in [2.24, 2.45) is 0 Å². The minimum absolute atomic E-state index is 0.816. The van der Waals surface area contributed by atoms with Crippen LogP contribution >= 0.6 is 0 Å². The quantitative estimate of drug-likeness (QED) is 0.668. The average molecular weight is 391 g/mol. The number of rotatable bonds is 7. The van der Waals surface area contributed by atoms with E-state index in [0.717, 1.165) is 51.6 Å². The highest BCUT2D eigenvalue weighted by atomic mass is 16.5. The van der Waals surface area contributed by atoms with Crippen LogP contribution in [0.25, 0.3) is 0 Å². The zero-order valence-electron chi connectivity index (χ0n) is 17.4. The molecule has 29 heavy (non-hydrogen) atoms. The summed E-state index contributed by atoms with van der Waals surface area (Å²) in [5.41, 5.74) is 7.50. The Morgan fingerprint density at radius 1 is 0.897 bits per heavy atom. The van der Waals surface area contributed by atoms with Crippen LogP contribution < -0.4 is 10.2 Å². The molecule has 0 amide bonds. The summed E-state index contributed by atoms with van der Waals surface area (Å²) >= 11 is 0. The van der Waals surface area contributed by atoms with Crippen LogP contribution in [0.3, 0.4) is 0 Å². The molecule has 2 aromatic carbocycles. The molecule has 0 saturated carbocycles. The van der Waals surface area contributed by atoms with Gasteiger partial charge in [0.25, 0.3) is 0 Å². The number of nitrogens with one attached hydrogen (secondary N) is 1. The number of aromatic nitrogens is 2. The number of hydrogen-bond acceptors (Lipinski definition) is 4. The molecular formula is C24H30N4O. The van der Waals surface area contributed by atoms with Crippen molar-refractivity contribution < 1.29 is 4.74 Å². The van der Waals surface area contributed by atoms with Gasteiger partial charge in [-0.3, -0.25) is 4.68 Å². The Morgan fingerprint density at radius 2 is 1.62 bits per heavy atom. The predicted molar refractivity (Wildman–Crippen MR) is 117 cm³/mol. The summed E-state index contributed by atoms with van der Waals surface area (Å²) in [5.74, 6) is 0. The van der Waals surface area contributed by atoms with Crippen LogP contribution in [-0.2, 0) is 24.4 Å². The van der Waals surface area contributed by atoms with E-state index in [1.807, 2.05) is 6.07 Å². The average Bonchev–Trinajstić information content (AvgIpc) is 3.03. The molecule has 3 aromatic rings. The van der Waals surface area contributed by atoms with Gasteiger partial charge in [0.15, 0.2) is 0 Å². The highest BCUT2D eigenvalue weighted by Crippen LogP contribution is 2.18. The summed E-state index contributed by atoms with van der Waals surface area (Å²) in [6.07, 6.45) is 0. The second-order valence-electron chi connectivity index (χ2n) is 7.66. The third-order valence-electron chi connectivity index (χ3n) is 5.65. The van der Waals surface area contributed by atoms with E-state index >= 15 is 0 Å². The van der Waals surface area contributed by atoms with Crippen LogP contribution in [0.1, 0.15) is 28.1 Å². The lowest BCUT2D eigenvalue weighted by atomic mass is 10.1. The van der Waals surface area contributed by atoms with Gasteiger partial charge in [-0.1, -0.05) is 42.5 Å². The normalized spacial score (nSPS) is 14.3.